The Balaban J connectivity index is 2.00. The van der Waals surface area contributed by atoms with E-state index in [4.69, 9.17) is 4.74 Å². The number of hydrogen-bond donors (Lipinski definition) is 2. The topological polar surface area (TPSA) is 114 Å². The highest BCUT2D eigenvalue weighted by atomic mass is 79.9. The fourth-order valence-electron chi connectivity index (χ4n) is 2.29. The minimum absolute atomic E-state index is 0.0859. The highest BCUT2D eigenvalue weighted by Crippen LogP contribution is 2.31. The molecule has 0 fully saturated rings. The van der Waals surface area contributed by atoms with E-state index in [1.807, 2.05) is 25.1 Å². The van der Waals surface area contributed by atoms with Gasteiger partial charge < -0.3 is 9.84 Å². The van der Waals surface area contributed by atoms with Crippen molar-refractivity contribution in [3.63, 3.8) is 0 Å². The second kappa shape index (κ2) is 9.32. The Labute approximate surface area is 170 Å². The third-order valence-electron chi connectivity index (χ3n) is 3.92. The first kappa shape index (κ1) is 21.4. The average molecular weight is 450 g/mol. The highest BCUT2D eigenvalue weighted by molar-refractivity contribution is 9.10. The number of non-ortho nitro benzene ring substituents is 1. The van der Waals surface area contributed by atoms with Crippen LogP contribution in [0.1, 0.15) is 36.5 Å². The third kappa shape index (κ3) is 5.53. The molecular weight excluding hydrogens is 430 g/mol. The van der Waals surface area contributed by atoms with Gasteiger partial charge in [0.1, 0.15) is 11.5 Å². The minimum atomic E-state index is -0.596. The molecule has 0 heterocycles. The summed E-state index contributed by atoms with van der Waals surface area (Å²) in [6.07, 6.45) is 1.12. The molecule has 0 aliphatic carbocycles. The molecule has 0 saturated heterocycles. The number of nitro benzene ring substituents is 1. The maximum Gasteiger partial charge on any atom is 0.277 e. The molecule has 8 nitrogen and oxygen atoms in total. The number of ether oxygens (including phenoxy) is 1. The lowest BCUT2D eigenvalue weighted by molar-refractivity contribution is -0.385. The zero-order valence-electron chi connectivity index (χ0n) is 15.6. The predicted molar refractivity (Wildman–Crippen MR) is 109 cm³/mol. The summed E-state index contributed by atoms with van der Waals surface area (Å²) in [5.41, 5.74) is 4.14. The Morgan fingerprint density at radius 1 is 1.39 bits per heavy atom. The van der Waals surface area contributed by atoms with Gasteiger partial charge in [-0.2, -0.15) is 5.10 Å². The molecule has 2 aromatic rings. The summed E-state index contributed by atoms with van der Waals surface area (Å²) >= 11 is 3.04. The Bertz CT molecular complexity index is 928. The molecule has 9 heteroatoms. The number of carbonyl (C=O) groups is 1. The number of phenolic OH excluding ortho intramolecular Hbond substituents is 1. The Hall–Kier alpha value is -2.94. The van der Waals surface area contributed by atoms with Crippen molar-refractivity contribution in [1.82, 2.24) is 5.43 Å². The molecule has 2 rings (SSSR count). The van der Waals surface area contributed by atoms with Crippen LogP contribution in [0.4, 0.5) is 5.69 Å². The number of benzene rings is 2. The van der Waals surface area contributed by atoms with E-state index < -0.39 is 10.8 Å². The molecule has 2 N–H and O–H groups in total. The van der Waals surface area contributed by atoms with Crippen LogP contribution in [0.15, 0.2) is 39.9 Å². The highest BCUT2D eigenvalue weighted by Gasteiger charge is 2.14. The molecule has 148 valence electrons. The van der Waals surface area contributed by atoms with Crippen molar-refractivity contribution in [3.8, 4) is 11.5 Å². The number of aryl methyl sites for hydroxylation is 1. The fourth-order valence-corrected chi connectivity index (χ4v) is 2.75. The van der Waals surface area contributed by atoms with E-state index >= 15 is 0 Å². The van der Waals surface area contributed by atoms with Gasteiger partial charge in [0.2, 0.25) is 0 Å². The summed E-state index contributed by atoms with van der Waals surface area (Å²) < 4.78 is 5.70. The van der Waals surface area contributed by atoms with Crippen molar-refractivity contribution in [2.75, 3.05) is 6.61 Å². The number of aromatic hydroxyl groups is 1. The molecule has 0 radical (unpaired) electrons. The van der Waals surface area contributed by atoms with Gasteiger partial charge in [-0.15, -0.1) is 0 Å². The van der Waals surface area contributed by atoms with Crippen LogP contribution < -0.4 is 10.2 Å². The quantitative estimate of drug-likeness (QED) is 0.376. The van der Waals surface area contributed by atoms with Crippen LogP contribution in [0.2, 0.25) is 0 Å². The van der Waals surface area contributed by atoms with Crippen LogP contribution in [0.5, 0.6) is 11.5 Å². The van der Waals surface area contributed by atoms with Crippen molar-refractivity contribution < 1.29 is 19.6 Å². The van der Waals surface area contributed by atoms with E-state index in [1.54, 1.807) is 0 Å². The zero-order chi connectivity index (χ0) is 20.8. The normalized spacial score (nSPS) is 11.0. The van der Waals surface area contributed by atoms with Gasteiger partial charge in [0.25, 0.3) is 11.6 Å². The summed E-state index contributed by atoms with van der Waals surface area (Å²) in [6.45, 7) is 5.78. The van der Waals surface area contributed by atoms with E-state index in [2.05, 4.69) is 40.3 Å². The Morgan fingerprint density at radius 2 is 2.11 bits per heavy atom. The number of carbonyl (C=O) groups excluding carboxylic acids is 1. The number of halogens is 1. The maximum absolute atomic E-state index is 11.9. The number of hydrogen-bond acceptors (Lipinski definition) is 6. The number of amides is 1. The molecule has 28 heavy (non-hydrogen) atoms. The first-order valence-corrected chi connectivity index (χ1v) is 9.20. The standard InChI is InChI=1S/C19H20BrN3O5/c1-11(2)13-5-4-12(3)17(7-13)28-10-18(24)22-21-9-14-6-15(23(26)27)8-16(20)19(14)25/h4-9,11,25H,10H2,1-3H3,(H,22,24). The molecule has 0 spiro atoms. The van der Waals surface area contributed by atoms with E-state index in [0.29, 0.717) is 11.7 Å². The van der Waals surface area contributed by atoms with Crippen molar-refractivity contribution in [1.29, 1.82) is 0 Å². The van der Waals surface area contributed by atoms with Crippen molar-refractivity contribution >= 4 is 33.7 Å². The van der Waals surface area contributed by atoms with Gasteiger partial charge in [0.05, 0.1) is 15.6 Å². The zero-order valence-corrected chi connectivity index (χ0v) is 17.2. The van der Waals surface area contributed by atoms with Gasteiger partial charge in [0.15, 0.2) is 6.61 Å². The van der Waals surface area contributed by atoms with Crippen LogP contribution in [0, 0.1) is 17.0 Å². The number of rotatable bonds is 7. The van der Waals surface area contributed by atoms with Gasteiger partial charge >= 0.3 is 0 Å². The Kier molecular flexibility index (Phi) is 7.11. The predicted octanol–water partition coefficient (Wildman–Crippen LogP) is 4.02. The lowest BCUT2D eigenvalue weighted by Gasteiger charge is -2.12. The van der Waals surface area contributed by atoms with Gasteiger partial charge in [-0.25, -0.2) is 5.43 Å². The molecule has 0 aromatic heterocycles. The summed E-state index contributed by atoms with van der Waals surface area (Å²) in [5.74, 6) is 0.226. The smallest absolute Gasteiger partial charge is 0.277 e. The van der Waals surface area contributed by atoms with Crippen LogP contribution in [-0.2, 0) is 4.79 Å². The first-order valence-electron chi connectivity index (χ1n) is 8.41. The second-order valence-electron chi connectivity index (χ2n) is 6.38. The largest absolute Gasteiger partial charge is 0.506 e. The number of phenols is 1. The van der Waals surface area contributed by atoms with E-state index in [1.165, 1.54) is 6.07 Å². The molecule has 0 bridgehead atoms. The van der Waals surface area contributed by atoms with Gasteiger partial charge in [-0.3, -0.25) is 14.9 Å². The Morgan fingerprint density at radius 3 is 2.75 bits per heavy atom. The van der Waals surface area contributed by atoms with Crippen LogP contribution in [-0.4, -0.2) is 28.8 Å². The summed E-state index contributed by atoms with van der Waals surface area (Å²) in [7, 11) is 0. The average Bonchev–Trinajstić information content (AvgIpc) is 2.63. The molecule has 2 aromatic carbocycles. The molecule has 1 amide bonds. The van der Waals surface area contributed by atoms with Crippen LogP contribution in [0.3, 0.4) is 0 Å². The second-order valence-corrected chi connectivity index (χ2v) is 7.24. The van der Waals surface area contributed by atoms with Crippen LogP contribution >= 0.6 is 15.9 Å². The van der Waals surface area contributed by atoms with Crippen LogP contribution in [0.25, 0.3) is 0 Å². The lowest BCUT2D eigenvalue weighted by Crippen LogP contribution is -2.24. The van der Waals surface area contributed by atoms with Crippen molar-refractivity contribution in [3.05, 3.63) is 61.6 Å². The van der Waals surface area contributed by atoms with Gasteiger partial charge in [0, 0.05) is 17.7 Å². The third-order valence-corrected chi connectivity index (χ3v) is 4.52. The van der Waals surface area contributed by atoms with E-state index in [-0.39, 0.29) is 28.1 Å². The summed E-state index contributed by atoms with van der Waals surface area (Å²) in [6, 6.07) is 8.17. The lowest BCUT2D eigenvalue weighted by atomic mass is 10.0. The molecule has 0 aliphatic rings. The van der Waals surface area contributed by atoms with Crippen molar-refractivity contribution in [2.45, 2.75) is 26.7 Å². The van der Waals surface area contributed by atoms with Gasteiger partial charge in [-0.1, -0.05) is 26.0 Å². The molecule has 0 aliphatic heterocycles. The number of nitrogens with zero attached hydrogens (tertiary/aromatic N) is 2. The molecule has 0 saturated carbocycles. The van der Waals surface area contributed by atoms with Gasteiger partial charge in [-0.05, 0) is 46.0 Å². The molecule has 0 atom stereocenters. The SMILES string of the molecule is Cc1ccc(C(C)C)cc1OCC(=O)NN=Cc1cc([N+](=O)[O-])cc(Br)c1O. The molecular formula is C19H20BrN3O5. The number of hydrazone groups is 1. The number of nitro groups is 1. The fraction of sp³-hybridized carbons (Fsp3) is 0.263. The number of nitrogens with one attached hydrogen (secondary N) is 1. The maximum atomic E-state index is 11.9. The first-order chi connectivity index (χ1) is 13.2. The summed E-state index contributed by atoms with van der Waals surface area (Å²) in [5, 5.41) is 24.5. The monoisotopic (exact) mass is 449 g/mol. The molecule has 0 unspecified atom stereocenters. The van der Waals surface area contributed by atoms with E-state index in [9.17, 15) is 20.0 Å². The summed E-state index contributed by atoms with van der Waals surface area (Å²) in [4.78, 5) is 22.2. The van der Waals surface area contributed by atoms with Crippen molar-refractivity contribution in [2.24, 2.45) is 5.10 Å². The minimum Gasteiger partial charge on any atom is -0.506 e. The van der Waals surface area contributed by atoms with E-state index in [0.717, 1.165) is 23.4 Å².